The fourth-order valence-corrected chi connectivity index (χ4v) is 5.96. The Balaban J connectivity index is 0.00000261. The number of aromatic nitrogens is 4. The summed E-state index contributed by atoms with van der Waals surface area (Å²) in [6.07, 6.45) is 7.12. The summed E-state index contributed by atoms with van der Waals surface area (Å²) in [7, 11) is 0. The number of hydrogen-bond acceptors (Lipinski definition) is 4. The highest BCUT2D eigenvalue weighted by Crippen LogP contribution is 2.13. The molecule has 7 rings (SSSR count). The molecule has 2 N–H and O–H groups in total. The van der Waals surface area contributed by atoms with E-state index >= 15 is 0 Å². The van der Waals surface area contributed by atoms with Crippen molar-refractivity contribution in [3.05, 3.63) is 168 Å². The van der Waals surface area contributed by atoms with E-state index in [1.54, 1.807) is 12.4 Å². The monoisotopic (exact) mass is 730 g/mol. The van der Waals surface area contributed by atoms with Crippen LogP contribution in [0.5, 0.6) is 0 Å². The number of carbonyl (C=O) groups excluding carboxylic acids is 2. The Morgan fingerprint density at radius 3 is 1.29 bits per heavy atom. The first-order valence-electron chi connectivity index (χ1n) is 16.4. The van der Waals surface area contributed by atoms with Gasteiger partial charge in [-0.25, -0.2) is 29.1 Å². The van der Waals surface area contributed by atoms with Crippen LogP contribution in [-0.2, 0) is 35.8 Å². The molecule has 0 aliphatic rings. The SMILES string of the molecule is O=C(Cn1c[n+](Cc2ccccc2)c2ccccc21)NN=Cc1ccc(C=NNC(=O)Cn2c[n+](Cc3ccccc3)c3ccccc32)cc1.[Cl-].[Cl-]. The van der Waals surface area contributed by atoms with Gasteiger partial charge in [0, 0.05) is 0 Å². The van der Waals surface area contributed by atoms with Gasteiger partial charge in [-0.1, -0.05) is 109 Å². The van der Waals surface area contributed by atoms with Crippen LogP contribution in [0.2, 0.25) is 0 Å². The molecule has 10 nitrogen and oxygen atoms in total. The van der Waals surface area contributed by atoms with Gasteiger partial charge in [-0.3, -0.25) is 9.59 Å². The molecule has 0 spiro atoms. The van der Waals surface area contributed by atoms with Crippen molar-refractivity contribution in [1.82, 2.24) is 20.0 Å². The van der Waals surface area contributed by atoms with Gasteiger partial charge in [0.25, 0.3) is 11.8 Å². The van der Waals surface area contributed by atoms with E-state index in [4.69, 9.17) is 0 Å². The fourth-order valence-electron chi connectivity index (χ4n) is 5.96. The highest BCUT2D eigenvalue weighted by atomic mass is 35.5. The van der Waals surface area contributed by atoms with E-state index in [2.05, 4.69) is 66.6 Å². The average Bonchev–Trinajstić information content (AvgIpc) is 3.66. The molecule has 0 aliphatic carbocycles. The Morgan fingerprint density at radius 2 is 0.885 bits per heavy atom. The second-order valence-corrected chi connectivity index (χ2v) is 11.9. The van der Waals surface area contributed by atoms with Crippen molar-refractivity contribution in [2.24, 2.45) is 10.2 Å². The topological polar surface area (TPSA) is 101 Å². The van der Waals surface area contributed by atoms with E-state index < -0.39 is 0 Å². The van der Waals surface area contributed by atoms with Crippen LogP contribution in [0.15, 0.2) is 156 Å². The number of rotatable bonds is 12. The van der Waals surface area contributed by atoms with Crippen LogP contribution in [0, 0.1) is 0 Å². The van der Waals surface area contributed by atoms with Crippen LogP contribution in [-0.4, -0.2) is 33.4 Å². The van der Waals surface area contributed by atoms with Gasteiger partial charge in [-0.2, -0.15) is 10.2 Å². The second-order valence-electron chi connectivity index (χ2n) is 11.9. The molecule has 5 aromatic carbocycles. The molecule has 0 fully saturated rings. The number of benzene rings is 5. The van der Waals surface area contributed by atoms with E-state index in [0.717, 1.165) is 33.2 Å². The zero-order valence-electron chi connectivity index (χ0n) is 28.1. The summed E-state index contributed by atoms with van der Waals surface area (Å²) in [6.45, 7) is 1.69. The molecule has 2 heterocycles. The number of hydrazone groups is 2. The minimum absolute atomic E-state index is 0. The van der Waals surface area contributed by atoms with Crippen molar-refractivity contribution in [2.75, 3.05) is 0 Å². The Labute approximate surface area is 313 Å². The summed E-state index contributed by atoms with van der Waals surface area (Å²) >= 11 is 0. The molecule has 2 amide bonds. The number of nitrogens with zero attached hydrogens (tertiary/aromatic N) is 6. The quantitative estimate of drug-likeness (QED) is 0.0917. The Bertz CT molecular complexity index is 2150. The largest absolute Gasteiger partial charge is 1.00 e. The summed E-state index contributed by atoms with van der Waals surface area (Å²) in [5.74, 6) is -0.459. The van der Waals surface area contributed by atoms with Crippen molar-refractivity contribution >= 4 is 46.3 Å². The van der Waals surface area contributed by atoms with Crippen LogP contribution < -0.4 is 44.8 Å². The first-order valence-corrected chi connectivity index (χ1v) is 16.4. The molecule has 0 radical (unpaired) electrons. The predicted octanol–water partition coefficient (Wildman–Crippen LogP) is -1.42. The minimum atomic E-state index is -0.229. The summed E-state index contributed by atoms with van der Waals surface area (Å²) in [6, 6.07) is 44.0. The third-order valence-electron chi connectivity index (χ3n) is 8.32. The number of fused-ring (bicyclic) bond motifs is 2. The van der Waals surface area contributed by atoms with Gasteiger partial charge in [-0.05, 0) is 46.5 Å². The van der Waals surface area contributed by atoms with Crippen LogP contribution in [0.3, 0.4) is 0 Å². The highest BCUT2D eigenvalue weighted by molar-refractivity contribution is 5.86. The predicted molar refractivity (Wildman–Crippen MR) is 193 cm³/mol. The number of nitrogens with one attached hydrogen (secondary N) is 2. The average molecular weight is 732 g/mol. The summed E-state index contributed by atoms with van der Waals surface area (Å²) in [5, 5.41) is 8.31. The Kier molecular flexibility index (Phi) is 12.7. The van der Waals surface area contributed by atoms with Crippen LogP contribution in [0.1, 0.15) is 22.3 Å². The number of para-hydroxylation sites is 4. The van der Waals surface area contributed by atoms with Crippen LogP contribution in [0.4, 0.5) is 0 Å². The Hall–Kier alpha value is -6.10. The molecule has 52 heavy (non-hydrogen) atoms. The lowest BCUT2D eigenvalue weighted by Gasteiger charge is -1.99. The maximum atomic E-state index is 12.8. The van der Waals surface area contributed by atoms with E-state index in [1.165, 1.54) is 11.1 Å². The lowest BCUT2D eigenvalue weighted by molar-refractivity contribution is -0.663. The zero-order valence-corrected chi connectivity index (χ0v) is 29.6. The van der Waals surface area contributed by atoms with Gasteiger partial charge in [-0.15, -0.1) is 0 Å². The van der Waals surface area contributed by atoms with E-state index in [9.17, 15) is 9.59 Å². The number of imidazole rings is 2. The zero-order chi connectivity index (χ0) is 34.1. The standard InChI is InChI=1S/C40H34N8O2.2ClH/c49-39(27-47-29-45(25-33-11-3-1-4-12-33)35-15-7-9-17-37(35)47)43-41-23-31-19-21-32(22-20-31)24-42-44-40(50)28-48-30-46(26-34-13-5-2-6-14-34)36-16-8-10-18-38(36)48;;/h1-24,29-30H,25-28H2;2*1H. The highest BCUT2D eigenvalue weighted by Gasteiger charge is 2.19. The molecule has 0 atom stereocenters. The molecular weight excluding hydrogens is 695 g/mol. The molecule has 2 aromatic heterocycles. The van der Waals surface area contributed by atoms with Gasteiger partial charge in [0.1, 0.15) is 13.1 Å². The molecule has 7 aromatic rings. The molecule has 0 aliphatic heterocycles. The van der Waals surface area contributed by atoms with Crippen LogP contribution in [0.25, 0.3) is 22.1 Å². The maximum Gasteiger partial charge on any atom is 0.282 e. The smallest absolute Gasteiger partial charge is 0.282 e. The van der Waals surface area contributed by atoms with Gasteiger partial charge >= 0.3 is 0 Å². The lowest BCUT2D eigenvalue weighted by Crippen LogP contribution is -3.00. The minimum Gasteiger partial charge on any atom is -1.00 e. The van der Waals surface area contributed by atoms with Gasteiger partial charge in [0.15, 0.2) is 35.2 Å². The molecule has 0 unspecified atom stereocenters. The summed E-state index contributed by atoms with van der Waals surface area (Å²) in [4.78, 5) is 25.6. The molecule has 262 valence electrons. The number of halogens is 2. The van der Waals surface area contributed by atoms with Gasteiger partial charge < -0.3 is 24.8 Å². The molecule has 12 heteroatoms. The second kappa shape index (κ2) is 17.7. The number of carbonyl (C=O) groups is 2. The third kappa shape index (κ3) is 9.16. The number of hydrogen-bond donors (Lipinski definition) is 2. The van der Waals surface area contributed by atoms with Crippen molar-refractivity contribution in [3.63, 3.8) is 0 Å². The fraction of sp³-hybridized carbons (Fsp3) is 0.100. The number of amides is 2. The normalized spacial score (nSPS) is 11.1. The first-order chi connectivity index (χ1) is 24.6. The van der Waals surface area contributed by atoms with Crippen LogP contribution >= 0.6 is 0 Å². The molecule has 0 bridgehead atoms. The Morgan fingerprint density at radius 1 is 0.519 bits per heavy atom. The van der Waals surface area contributed by atoms with Gasteiger partial charge in [0.2, 0.25) is 12.7 Å². The molecule has 0 saturated heterocycles. The lowest BCUT2D eigenvalue weighted by atomic mass is 10.2. The third-order valence-corrected chi connectivity index (χ3v) is 8.32. The molecular formula is C40H36Cl2N8O2. The van der Waals surface area contributed by atoms with Gasteiger partial charge in [0.05, 0.1) is 12.4 Å². The van der Waals surface area contributed by atoms with E-state index in [-0.39, 0.29) is 49.7 Å². The van der Waals surface area contributed by atoms with Crippen molar-refractivity contribution in [3.8, 4) is 0 Å². The van der Waals surface area contributed by atoms with E-state index in [1.807, 2.05) is 119 Å². The summed E-state index contributed by atoms with van der Waals surface area (Å²) in [5.41, 5.74) is 13.3. The van der Waals surface area contributed by atoms with E-state index in [0.29, 0.717) is 13.1 Å². The first kappa shape index (κ1) is 37.2. The molecule has 0 saturated carbocycles. The van der Waals surface area contributed by atoms with Crippen molar-refractivity contribution in [1.29, 1.82) is 0 Å². The maximum absolute atomic E-state index is 12.8. The van der Waals surface area contributed by atoms with Crippen molar-refractivity contribution in [2.45, 2.75) is 26.2 Å². The summed E-state index contributed by atoms with van der Waals surface area (Å²) < 4.78 is 8.14. The van der Waals surface area contributed by atoms with Crippen molar-refractivity contribution < 1.29 is 43.5 Å².